The smallest absolute Gasteiger partial charge is 0.0578 e. The highest BCUT2D eigenvalue weighted by Crippen LogP contribution is 2.36. The van der Waals surface area contributed by atoms with Gasteiger partial charge in [0.05, 0.1) is 6.04 Å². The number of hydrogen-bond acceptors (Lipinski definition) is 1. The van der Waals surface area contributed by atoms with Crippen LogP contribution in [0.3, 0.4) is 0 Å². The van der Waals surface area contributed by atoms with E-state index < -0.39 is 0 Å². The minimum absolute atomic E-state index is 0.323. The van der Waals surface area contributed by atoms with Gasteiger partial charge in [-0.25, -0.2) is 0 Å². The molecule has 3 rings (SSSR count). The Morgan fingerprint density at radius 2 is 1.47 bits per heavy atom. The molecular weight excluding hydrogens is 230 g/mol. The second-order valence-corrected chi connectivity index (χ2v) is 5.43. The van der Waals surface area contributed by atoms with Crippen LogP contribution in [-0.4, -0.2) is 6.04 Å². The average Bonchev–Trinajstić information content (AvgIpc) is 3.25. The molecule has 2 atom stereocenters. The van der Waals surface area contributed by atoms with E-state index in [9.17, 15) is 0 Å². The Morgan fingerprint density at radius 3 is 1.89 bits per heavy atom. The van der Waals surface area contributed by atoms with Gasteiger partial charge in [0.25, 0.3) is 0 Å². The normalized spacial score (nSPS) is 21.6. The van der Waals surface area contributed by atoms with Gasteiger partial charge >= 0.3 is 0 Å². The molecule has 0 amide bonds. The molecule has 0 radical (unpaired) electrons. The Labute approximate surface area is 115 Å². The van der Waals surface area contributed by atoms with Gasteiger partial charge in [-0.3, -0.25) is 0 Å². The highest BCUT2D eigenvalue weighted by atomic mass is 15.0. The van der Waals surface area contributed by atoms with Crippen LogP contribution in [0.15, 0.2) is 60.7 Å². The molecule has 0 aromatic heterocycles. The summed E-state index contributed by atoms with van der Waals surface area (Å²) in [5, 5.41) is 3.82. The SMILES string of the molecule is CCC1CC1NC(c1ccccc1)c1ccccc1. The Hall–Kier alpha value is -1.60. The molecule has 1 fully saturated rings. The number of benzene rings is 2. The molecule has 0 aliphatic heterocycles. The maximum absolute atomic E-state index is 3.82. The van der Waals surface area contributed by atoms with Crippen LogP contribution in [-0.2, 0) is 0 Å². The average molecular weight is 251 g/mol. The molecule has 1 nitrogen and oxygen atoms in total. The molecule has 1 aliphatic rings. The summed E-state index contributed by atoms with van der Waals surface area (Å²) in [6.45, 7) is 2.28. The molecule has 1 heteroatoms. The molecule has 0 saturated heterocycles. The van der Waals surface area contributed by atoms with Gasteiger partial charge in [-0.05, 0) is 23.5 Å². The van der Waals surface area contributed by atoms with Gasteiger partial charge < -0.3 is 5.32 Å². The van der Waals surface area contributed by atoms with Crippen molar-refractivity contribution in [1.82, 2.24) is 5.32 Å². The molecule has 0 heterocycles. The van der Waals surface area contributed by atoms with Gasteiger partial charge in [-0.1, -0.05) is 74.0 Å². The third kappa shape index (κ3) is 2.87. The minimum Gasteiger partial charge on any atom is -0.303 e. The third-order valence-electron chi connectivity index (χ3n) is 4.09. The van der Waals surface area contributed by atoms with Crippen molar-refractivity contribution in [3.63, 3.8) is 0 Å². The highest BCUT2D eigenvalue weighted by Gasteiger charge is 2.36. The summed E-state index contributed by atoms with van der Waals surface area (Å²) in [5.74, 6) is 0.870. The van der Waals surface area contributed by atoms with Crippen molar-refractivity contribution in [3.8, 4) is 0 Å². The molecule has 1 aliphatic carbocycles. The van der Waals surface area contributed by atoms with Crippen molar-refractivity contribution >= 4 is 0 Å². The summed E-state index contributed by atoms with van der Waals surface area (Å²) >= 11 is 0. The van der Waals surface area contributed by atoms with Gasteiger partial charge in [0.1, 0.15) is 0 Å². The monoisotopic (exact) mass is 251 g/mol. The molecule has 2 unspecified atom stereocenters. The lowest BCUT2D eigenvalue weighted by Crippen LogP contribution is -2.25. The van der Waals surface area contributed by atoms with E-state index in [2.05, 4.69) is 72.9 Å². The number of rotatable bonds is 5. The van der Waals surface area contributed by atoms with Crippen LogP contribution in [0.25, 0.3) is 0 Å². The summed E-state index contributed by atoms with van der Waals surface area (Å²) in [5.41, 5.74) is 2.71. The van der Waals surface area contributed by atoms with Crippen LogP contribution in [0, 0.1) is 5.92 Å². The van der Waals surface area contributed by atoms with E-state index in [1.54, 1.807) is 0 Å². The van der Waals surface area contributed by atoms with Crippen LogP contribution < -0.4 is 5.32 Å². The predicted octanol–water partition coefficient (Wildman–Crippen LogP) is 4.16. The quantitative estimate of drug-likeness (QED) is 0.841. The summed E-state index contributed by atoms with van der Waals surface area (Å²) in [7, 11) is 0. The van der Waals surface area contributed by atoms with Crippen LogP contribution in [0.2, 0.25) is 0 Å². The van der Waals surface area contributed by atoms with Crippen molar-refractivity contribution in [3.05, 3.63) is 71.8 Å². The molecule has 0 spiro atoms. The molecule has 0 bridgehead atoms. The van der Waals surface area contributed by atoms with E-state index in [0.717, 1.165) is 5.92 Å². The van der Waals surface area contributed by atoms with Gasteiger partial charge in [0.15, 0.2) is 0 Å². The molecule has 2 aromatic carbocycles. The predicted molar refractivity (Wildman–Crippen MR) is 80.0 cm³/mol. The number of hydrogen-bond donors (Lipinski definition) is 1. The third-order valence-corrected chi connectivity index (χ3v) is 4.09. The van der Waals surface area contributed by atoms with Crippen LogP contribution >= 0.6 is 0 Å². The maximum Gasteiger partial charge on any atom is 0.0578 e. The molecule has 1 saturated carbocycles. The zero-order valence-electron chi connectivity index (χ0n) is 11.4. The van der Waals surface area contributed by atoms with E-state index in [4.69, 9.17) is 0 Å². The summed E-state index contributed by atoms with van der Waals surface area (Å²) in [4.78, 5) is 0. The zero-order valence-corrected chi connectivity index (χ0v) is 11.4. The Morgan fingerprint density at radius 1 is 0.947 bits per heavy atom. The fourth-order valence-electron chi connectivity index (χ4n) is 2.79. The minimum atomic E-state index is 0.323. The second kappa shape index (κ2) is 5.58. The lowest BCUT2D eigenvalue weighted by molar-refractivity contribution is 0.563. The molecule has 2 aromatic rings. The lowest BCUT2D eigenvalue weighted by Gasteiger charge is -2.20. The standard InChI is InChI=1S/C18H21N/c1-2-14-13-17(14)19-18(15-9-5-3-6-10-15)16-11-7-4-8-12-16/h3-12,14,17-19H,2,13H2,1H3. The van der Waals surface area contributed by atoms with E-state index in [0.29, 0.717) is 12.1 Å². The van der Waals surface area contributed by atoms with E-state index in [-0.39, 0.29) is 0 Å². The Kier molecular flexibility index (Phi) is 3.65. The van der Waals surface area contributed by atoms with E-state index >= 15 is 0 Å². The second-order valence-electron chi connectivity index (χ2n) is 5.43. The van der Waals surface area contributed by atoms with Crippen LogP contribution in [0.5, 0.6) is 0 Å². The van der Waals surface area contributed by atoms with Crippen LogP contribution in [0.1, 0.15) is 36.9 Å². The summed E-state index contributed by atoms with van der Waals surface area (Å²) < 4.78 is 0. The van der Waals surface area contributed by atoms with Gasteiger partial charge in [-0.2, -0.15) is 0 Å². The lowest BCUT2D eigenvalue weighted by atomic mass is 9.98. The zero-order chi connectivity index (χ0) is 13.1. The van der Waals surface area contributed by atoms with Crippen molar-refractivity contribution in [2.75, 3.05) is 0 Å². The van der Waals surface area contributed by atoms with Crippen LogP contribution in [0.4, 0.5) is 0 Å². The van der Waals surface area contributed by atoms with Gasteiger partial charge in [0, 0.05) is 6.04 Å². The van der Waals surface area contributed by atoms with Crippen molar-refractivity contribution in [2.45, 2.75) is 31.8 Å². The van der Waals surface area contributed by atoms with Crippen molar-refractivity contribution < 1.29 is 0 Å². The Balaban J connectivity index is 1.84. The molecule has 19 heavy (non-hydrogen) atoms. The number of nitrogens with one attached hydrogen (secondary N) is 1. The first kappa shape index (κ1) is 12.4. The molecular formula is C18H21N. The first-order valence-electron chi connectivity index (χ1n) is 7.24. The van der Waals surface area contributed by atoms with Crippen molar-refractivity contribution in [2.24, 2.45) is 5.92 Å². The summed E-state index contributed by atoms with van der Waals surface area (Å²) in [6, 6.07) is 22.5. The molecule has 1 N–H and O–H groups in total. The molecule has 98 valence electrons. The first-order valence-corrected chi connectivity index (χ1v) is 7.24. The van der Waals surface area contributed by atoms with Gasteiger partial charge in [-0.15, -0.1) is 0 Å². The fraction of sp³-hybridized carbons (Fsp3) is 0.333. The maximum atomic E-state index is 3.82. The fourth-order valence-corrected chi connectivity index (χ4v) is 2.79. The highest BCUT2D eigenvalue weighted by molar-refractivity contribution is 5.32. The largest absolute Gasteiger partial charge is 0.303 e. The summed E-state index contributed by atoms with van der Waals surface area (Å²) in [6.07, 6.45) is 2.61. The topological polar surface area (TPSA) is 12.0 Å². The van der Waals surface area contributed by atoms with E-state index in [1.165, 1.54) is 24.0 Å². The van der Waals surface area contributed by atoms with E-state index in [1.807, 2.05) is 0 Å². The van der Waals surface area contributed by atoms with Crippen molar-refractivity contribution in [1.29, 1.82) is 0 Å². The first-order chi connectivity index (χ1) is 9.38. The Bertz CT molecular complexity index is 466. The van der Waals surface area contributed by atoms with Gasteiger partial charge in [0.2, 0.25) is 0 Å².